The molecule has 2 aromatic heterocycles. The van der Waals surface area contributed by atoms with E-state index in [0.29, 0.717) is 29.3 Å². The van der Waals surface area contributed by atoms with Gasteiger partial charge in [0.1, 0.15) is 11.4 Å². The van der Waals surface area contributed by atoms with Gasteiger partial charge in [0.15, 0.2) is 10.8 Å². The summed E-state index contributed by atoms with van der Waals surface area (Å²) in [6.07, 6.45) is 1.72. The summed E-state index contributed by atoms with van der Waals surface area (Å²) in [5.41, 5.74) is 1.98. The average molecular weight is 346 g/mol. The molecule has 0 saturated carbocycles. The van der Waals surface area contributed by atoms with Crippen molar-refractivity contribution < 1.29 is 14.6 Å². The zero-order chi connectivity index (χ0) is 17.1. The number of anilines is 1. The number of carbonyl (C=O) groups is 1. The lowest BCUT2D eigenvalue weighted by atomic mass is 10.2. The lowest BCUT2D eigenvalue weighted by Gasteiger charge is -2.11. The first kappa shape index (κ1) is 16.3. The Bertz CT molecular complexity index is 892. The molecule has 6 nitrogen and oxygen atoms in total. The Labute approximate surface area is 143 Å². The number of amides is 1. The molecule has 2 N–H and O–H groups in total. The maximum absolute atomic E-state index is 12.6. The van der Waals surface area contributed by atoms with Crippen LogP contribution in [0.3, 0.4) is 0 Å². The Morgan fingerprint density at radius 1 is 1.38 bits per heavy atom. The predicted octanol–water partition coefficient (Wildman–Crippen LogP) is 3.13. The molecule has 1 aromatic carbocycles. The molecule has 124 valence electrons. The van der Waals surface area contributed by atoms with E-state index in [1.54, 1.807) is 40.9 Å². The van der Waals surface area contributed by atoms with E-state index in [-0.39, 0.29) is 23.4 Å². The van der Waals surface area contributed by atoms with Gasteiger partial charge in [0.2, 0.25) is 0 Å². The lowest BCUT2D eigenvalue weighted by Crippen LogP contribution is -2.15. The van der Waals surface area contributed by atoms with Crippen molar-refractivity contribution in [3.63, 3.8) is 0 Å². The summed E-state index contributed by atoms with van der Waals surface area (Å²) >= 11 is 6.10. The SMILES string of the molecule is CCOc1ccc(NC(=O)c2c(Cl)nc3ccccn23)cc1CO. The molecule has 24 heavy (non-hydrogen) atoms. The minimum Gasteiger partial charge on any atom is -0.494 e. The topological polar surface area (TPSA) is 75.9 Å². The second kappa shape index (κ2) is 6.90. The van der Waals surface area contributed by atoms with Gasteiger partial charge < -0.3 is 15.2 Å². The standard InChI is InChI=1S/C17H16ClN3O3/c1-2-24-13-7-6-12(9-11(13)10-22)19-17(23)15-16(18)20-14-5-3-4-8-21(14)15/h3-9,22H,2,10H2,1H3,(H,19,23). The third kappa shape index (κ3) is 3.06. The molecule has 0 spiro atoms. The number of nitrogens with one attached hydrogen (secondary N) is 1. The number of aromatic nitrogens is 2. The number of carbonyl (C=O) groups excluding carboxylic acids is 1. The van der Waals surface area contributed by atoms with Crippen LogP contribution in [0.2, 0.25) is 5.15 Å². The summed E-state index contributed by atoms with van der Waals surface area (Å²) in [4.78, 5) is 16.7. The summed E-state index contributed by atoms with van der Waals surface area (Å²) in [6, 6.07) is 10.5. The summed E-state index contributed by atoms with van der Waals surface area (Å²) in [6.45, 7) is 2.18. The molecule has 0 saturated heterocycles. The van der Waals surface area contributed by atoms with Crippen LogP contribution in [0.4, 0.5) is 5.69 Å². The van der Waals surface area contributed by atoms with Gasteiger partial charge in [0.05, 0.1) is 13.2 Å². The summed E-state index contributed by atoms with van der Waals surface area (Å²) in [5, 5.41) is 12.3. The van der Waals surface area contributed by atoms with Gasteiger partial charge in [0.25, 0.3) is 5.91 Å². The zero-order valence-corrected chi connectivity index (χ0v) is 13.7. The lowest BCUT2D eigenvalue weighted by molar-refractivity contribution is 0.102. The zero-order valence-electron chi connectivity index (χ0n) is 13.0. The first-order valence-corrected chi connectivity index (χ1v) is 7.82. The van der Waals surface area contributed by atoms with Crippen molar-refractivity contribution in [2.75, 3.05) is 11.9 Å². The molecule has 2 heterocycles. The minimum absolute atomic E-state index is 0.131. The van der Waals surface area contributed by atoms with Crippen LogP contribution in [0.25, 0.3) is 5.65 Å². The van der Waals surface area contributed by atoms with Crippen molar-refractivity contribution in [3.05, 3.63) is 59.0 Å². The highest BCUT2D eigenvalue weighted by molar-refractivity contribution is 6.33. The number of aliphatic hydroxyl groups is 1. The Kier molecular flexibility index (Phi) is 4.69. The number of pyridine rings is 1. The molecular formula is C17H16ClN3O3. The maximum atomic E-state index is 12.6. The van der Waals surface area contributed by atoms with Crippen LogP contribution in [0, 0.1) is 0 Å². The predicted molar refractivity (Wildman–Crippen MR) is 91.7 cm³/mol. The average Bonchev–Trinajstić information content (AvgIpc) is 2.92. The van der Waals surface area contributed by atoms with Crippen LogP contribution in [-0.4, -0.2) is 27.0 Å². The van der Waals surface area contributed by atoms with Gasteiger partial charge in [0, 0.05) is 17.4 Å². The van der Waals surface area contributed by atoms with E-state index in [0.717, 1.165) is 0 Å². The van der Waals surface area contributed by atoms with Crippen molar-refractivity contribution in [2.24, 2.45) is 0 Å². The second-order valence-electron chi connectivity index (χ2n) is 5.05. The quantitative estimate of drug-likeness (QED) is 0.745. The molecular weight excluding hydrogens is 330 g/mol. The van der Waals surface area contributed by atoms with E-state index in [9.17, 15) is 9.90 Å². The van der Waals surface area contributed by atoms with Gasteiger partial charge in [-0.05, 0) is 37.3 Å². The number of ether oxygens (including phenoxy) is 1. The number of halogens is 1. The molecule has 0 radical (unpaired) electrons. The number of aliphatic hydroxyl groups excluding tert-OH is 1. The van der Waals surface area contributed by atoms with Crippen LogP contribution >= 0.6 is 11.6 Å². The van der Waals surface area contributed by atoms with Crippen molar-refractivity contribution >= 4 is 28.8 Å². The van der Waals surface area contributed by atoms with E-state index < -0.39 is 0 Å². The third-order valence-corrected chi connectivity index (χ3v) is 3.75. The molecule has 3 rings (SSSR count). The Morgan fingerprint density at radius 3 is 2.96 bits per heavy atom. The van der Waals surface area contributed by atoms with Gasteiger partial charge in [-0.3, -0.25) is 9.20 Å². The molecule has 0 atom stereocenters. The fourth-order valence-corrected chi connectivity index (χ4v) is 2.70. The van der Waals surface area contributed by atoms with Crippen molar-refractivity contribution in [2.45, 2.75) is 13.5 Å². The monoisotopic (exact) mass is 345 g/mol. The van der Waals surface area contributed by atoms with E-state index >= 15 is 0 Å². The number of rotatable bonds is 5. The molecule has 0 unspecified atom stereocenters. The number of fused-ring (bicyclic) bond motifs is 1. The van der Waals surface area contributed by atoms with Crippen molar-refractivity contribution in [1.82, 2.24) is 9.38 Å². The van der Waals surface area contributed by atoms with Crippen molar-refractivity contribution in [3.8, 4) is 5.75 Å². The van der Waals surface area contributed by atoms with E-state index in [1.165, 1.54) is 0 Å². The van der Waals surface area contributed by atoms with Crippen LogP contribution in [0.5, 0.6) is 5.75 Å². The third-order valence-electron chi connectivity index (χ3n) is 3.49. The highest BCUT2D eigenvalue weighted by Gasteiger charge is 2.18. The fraction of sp³-hybridized carbons (Fsp3) is 0.176. The smallest absolute Gasteiger partial charge is 0.275 e. The number of nitrogens with zero attached hydrogens (tertiary/aromatic N) is 2. The highest BCUT2D eigenvalue weighted by atomic mass is 35.5. The molecule has 0 fully saturated rings. The minimum atomic E-state index is -0.383. The number of imidazole rings is 1. The summed E-state index contributed by atoms with van der Waals surface area (Å²) in [5.74, 6) is 0.206. The molecule has 0 bridgehead atoms. The van der Waals surface area contributed by atoms with Gasteiger partial charge in [-0.15, -0.1) is 0 Å². The van der Waals surface area contributed by atoms with Gasteiger partial charge >= 0.3 is 0 Å². The number of hydrogen-bond donors (Lipinski definition) is 2. The van der Waals surface area contributed by atoms with E-state index in [2.05, 4.69) is 10.3 Å². The first-order valence-electron chi connectivity index (χ1n) is 7.44. The van der Waals surface area contributed by atoms with E-state index in [1.807, 2.05) is 13.0 Å². The van der Waals surface area contributed by atoms with Gasteiger partial charge in [-0.1, -0.05) is 17.7 Å². The Hall–Kier alpha value is -2.57. The molecule has 7 heteroatoms. The highest BCUT2D eigenvalue weighted by Crippen LogP contribution is 2.24. The second-order valence-corrected chi connectivity index (χ2v) is 5.41. The van der Waals surface area contributed by atoms with Gasteiger partial charge in [-0.2, -0.15) is 0 Å². The summed E-state index contributed by atoms with van der Waals surface area (Å²) < 4.78 is 7.05. The van der Waals surface area contributed by atoms with Crippen LogP contribution in [0.15, 0.2) is 42.6 Å². The fourth-order valence-electron chi connectivity index (χ4n) is 2.44. The normalized spacial score (nSPS) is 10.8. The molecule has 0 aliphatic rings. The Balaban J connectivity index is 1.90. The van der Waals surface area contributed by atoms with E-state index in [4.69, 9.17) is 16.3 Å². The maximum Gasteiger partial charge on any atom is 0.275 e. The Morgan fingerprint density at radius 2 is 2.21 bits per heavy atom. The molecule has 3 aromatic rings. The van der Waals surface area contributed by atoms with Crippen LogP contribution in [0.1, 0.15) is 23.0 Å². The number of benzene rings is 1. The molecule has 0 aliphatic carbocycles. The first-order chi connectivity index (χ1) is 11.6. The van der Waals surface area contributed by atoms with Crippen LogP contribution in [-0.2, 0) is 6.61 Å². The largest absolute Gasteiger partial charge is 0.494 e. The van der Waals surface area contributed by atoms with Crippen LogP contribution < -0.4 is 10.1 Å². The van der Waals surface area contributed by atoms with Crippen molar-refractivity contribution in [1.29, 1.82) is 0 Å². The molecule has 1 amide bonds. The summed E-state index contributed by atoms with van der Waals surface area (Å²) in [7, 11) is 0. The molecule has 0 aliphatic heterocycles. The number of hydrogen-bond acceptors (Lipinski definition) is 4. The van der Waals surface area contributed by atoms with Gasteiger partial charge in [-0.25, -0.2) is 4.98 Å².